The van der Waals surface area contributed by atoms with Gasteiger partial charge in [0.25, 0.3) is 0 Å². The van der Waals surface area contributed by atoms with Gasteiger partial charge in [0.1, 0.15) is 18.6 Å². The first-order chi connectivity index (χ1) is 9.27. The molecular weight excluding hydrogens is 290 g/mol. The quantitative estimate of drug-likeness (QED) is 0.177. The van der Waals surface area contributed by atoms with Gasteiger partial charge in [0.2, 0.25) is 5.91 Å². The lowest BCUT2D eigenvalue weighted by atomic mass is 10.1. The Balaban J connectivity index is 4.43. The van der Waals surface area contributed by atoms with E-state index in [1.807, 2.05) is 0 Å². The van der Waals surface area contributed by atoms with E-state index in [-0.39, 0.29) is 18.6 Å². The molecule has 0 fully saturated rings. The Bertz CT molecular complexity index is 400. The van der Waals surface area contributed by atoms with Gasteiger partial charge in [-0.1, -0.05) is 0 Å². The van der Waals surface area contributed by atoms with Crippen molar-refractivity contribution in [3.8, 4) is 0 Å². The molecule has 0 aliphatic heterocycles. The van der Waals surface area contributed by atoms with Gasteiger partial charge in [-0.15, -0.1) is 0 Å². The number of rotatable bonds is 9. The van der Waals surface area contributed by atoms with E-state index in [1.54, 1.807) is 0 Å². The molecule has 5 N–H and O–H groups in total. The summed E-state index contributed by atoms with van der Waals surface area (Å²) in [6.45, 7) is -0.587. The van der Waals surface area contributed by atoms with Crippen molar-refractivity contribution >= 4 is 36.4 Å². The third-order valence-corrected chi connectivity index (χ3v) is 2.52. The molecule has 0 heterocycles. The first-order valence-corrected chi connectivity index (χ1v) is 6.23. The SMILES string of the molecule is N[C@@H](CCC([O-])=N[C@@H](CS)C(=O)NCC(=O)O)C(=O)O. The number of hydrogen-bond acceptors (Lipinski definition) is 7. The lowest BCUT2D eigenvalue weighted by molar-refractivity contribution is -0.219. The van der Waals surface area contributed by atoms with Crippen molar-refractivity contribution in [1.82, 2.24) is 5.32 Å². The Hall–Kier alpha value is -1.81. The number of amides is 1. The van der Waals surface area contributed by atoms with E-state index in [0.29, 0.717) is 0 Å². The third-order valence-electron chi connectivity index (χ3n) is 2.18. The van der Waals surface area contributed by atoms with Crippen molar-refractivity contribution in [3.63, 3.8) is 0 Å². The number of carboxylic acid groups (broad SMARTS) is 2. The van der Waals surface area contributed by atoms with Gasteiger partial charge >= 0.3 is 11.9 Å². The molecule has 0 aromatic rings. The summed E-state index contributed by atoms with van der Waals surface area (Å²) in [4.78, 5) is 35.7. The van der Waals surface area contributed by atoms with E-state index in [2.05, 4.69) is 22.9 Å². The summed E-state index contributed by atoms with van der Waals surface area (Å²) in [6.07, 6.45) is -0.322. The molecule has 0 saturated carbocycles. The fourth-order valence-electron chi connectivity index (χ4n) is 1.10. The largest absolute Gasteiger partial charge is 0.862 e. The molecule has 0 unspecified atom stereocenters. The molecule has 0 aromatic heterocycles. The molecule has 0 aliphatic carbocycles. The Labute approximate surface area is 120 Å². The number of nitrogens with one attached hydrogen (secondary N) is 1. The second kappa shape index (κ2) is 9.15. The van der Waals surface area contributed by atoms with E-state index in [4.69, 9.17) is 15.9 Å². The summed E-state index contributed by atoms with van der Waals surface area (Å²) < 4.78 is 0. The highest BCUT2D eigenvalue weighted by Crippen LogP contribution is 2.00. The van der Waals surface area contributed by atoms with Crippen LogP contribution in [0.5, 0.6) is 0 Å². The van der Waals surface area contributed by atoms with Gasteiger partial charge in [-0.05, 0) is 18.7 Å². The van der Waals surface area contributed by atoms with Crippen LogP contribution in [0.25, 0.3) is 0 Å². The Morgan fingerprint density at radius 3 is 2.40 bits per heavy atom. The number of carboxylic acids is 2. The molecule has 0 aliphatic rings. The van der Waals surface area contributed by atoms with Gasteiger partial charge in [0.05, 0.1) is 0 Å². The van der Waals surface area contributed by atoms with Crippen LogP contribution in [-0.4, -0.2) is 58.3 Å². The summed E-state index contributed by atoms with van der Waals surface area (Å²) in [6, 6.07) is -2.30. The number of nitrogens with zero attached hydrogens (tertiary/aromatic N) is 1. The summed E-state index contributed by atoms with van der Waals surface area (Å²) in [5, 5.41) is 30.4. The van der Waals surface area contributed by atoms with Gasteiger partial charge in [0.15, 0.2) is 0 Å². The van der Waals surface area contributed by atoms with Crippen molar-refractivity contribution in [2.24, 2.45) is 10.7 Å². The predicted molar refractivity (Wildman–Crippen MR) is 70.6 cm³/mol. The molecule has 0 saturated heterocycles. The van der Waals surface area contributed by atoms with Crippen molar-refractivity contribution in [2.75, 3.05) is 12.3 Å². The average Bonchev–Trinajstić information content (AvgIpc) is 2.38. The van der Waals surface area contributed by atoms with E-state index in [9.17, 15) is 19.5 Å². The van der Waals surface area contributed by atoms with Crippen LogP contribution in [-0.2, 0) is 14.4 Å². The summed E-state index contributed by atoms with van der Waals surface area (Å²) >= 11 is 3.84. The number of thiol groups is 1. The first kappa shape index (κ1) is 18.2. The van der Waals surface area contributed by atoms with E-state index < -0.39 is 42.4 Å². The number of hydrogen-bond donors (Lipinski definition) is 5. The van der Waals surface area contributed by atoms with Gasteiger partial charge in [-0.2, -0.15) is 12.6 Å². The van der Waals surface area contributed by atoms with Crippen LogP contribution < -0.4 is 16.2 Å². The van der Waals surface area contributed by atoms with Crippen LogP contribution in [0.4, 0.5) is 0 Å². The number of carbonyl (C=O) groups is 3. The predicted octanol–water partition coefficient (Wildman–Crippen LogP) is -2.56. The number of aliphatic carboxylic acids is 2. The topological polar surface area (TPSA) is 165 Å². The smallest absolute Gasteiger partial charge is 0.322 e. The second-order valence-corrected chi connectivity index (χ2v) is 4.18. The molecule has 9 nitrogen and oxygen atoms in total. The lowest BCUT2D eigenvalue weighted by Crippen LogP contribution is -2.39. The van der Waals surface area contributed by atoms with Crippen LogP contribution in [0.1, 0.15) is 12.8 Å². The maximum atomic E-state index is 11.5. The Morgan fingerprint density at radius 1 is 1.35 bits per heavy atom. The lowest BCUT2D eigenvalue weighted by Gasteiger charge is -2.16. The molecule has 1 amide bonds. The van der Waals surface area contributed by atoms with Crippen LogP contribution in [0.2, 0.25) is 0 Å². The molecule has 2 atom stereocenters. The van der Waals surface area contributed by atoms with Crippen LogP contribution >= 0.6 is 12.6 Å². The van der Waals surface area contributed by atoms with Gasteiger partial charge in [-0.3, -0.25) is 19.4 Å². The normalized spacial score (nSPS) is 14.4. The molecule has 0 radical (unpaired) electrons. The molecule has 20 heavy (non-hydrogen) atoms. The summed E-state index contributed by atoms with van der Waals surface area (Å²) in [5.74, 6) is -3.97. The minimum atomic E-state index is -1.23. The molecule has 0 bridgehead atoms. The maximum absolute atomic E-state index is 11.5. The zero-order valence-corrected chi connectivity index (χ0v) is 11.4. The minimum Gasteiger partial charge on any atom is -0.862 e. The van der Waals surface area contributed by atoms with Gasteiger partial charge < -0.3 is 26.4 Å². The molecule has 0 spiro atoms. The number of aliphatic imine (C=N–C) groups is 1. The highest BCUT2D eigenvalue weighted by Gasteiger charge is 2.16. The van der Waals surface area contributed by atoms with E-state index in [1.165, 1.54) is 0 Å². The maximum Gasteiger partial charge on any atom is 0.322 e. The van der Waals surface area contributed by atoms with Gasteiger partial charge in [0, 0.05) is 5.75 Å². The van der Waals surface area contributed by atoms with E-state index >= 15 is 0 Å². The van der Waals surface area contributed by atoms with Crippen molar-refractivity contribution in [3.05, 3.63) is 0 Å². The third kappa shape index (κ3) is 7.59. The van der Waals surface area contributed by atoms with Crippen LogP contribution in [0, 0.1) is 0 Å². The number of nitrogens with two attached hydrogens (primary N) is 1. The first-order valence-electron chi connectivity index (χ1n) is 5.60. The highest BCUT2D eigenvalue weighted by molar-refractivity contribution is 7.80. The van der Waals surface area contributed by atoms with E-state index in [0.717, 1.165) is 0 Å². The molecule has 114 valence electrons. The van der Waals surface area contributed by atoms with Crippen LogP contribution in [0.3, 0.4) is 0 Å². The molecule has 0 rings (SSSR count). The minimum absolute atomic E-state index is 0.0812. The fourth-order valence-corrected chi connectivity index (χ4v) is 1.35. The monoisotopic (exact) mass is 306 g/mol. The van der Waals surface area contributed by atoms with Gasteiger partial charge in [-0.25, -0.2) is 0 Å². The van der Waals surface area contributed by atoms with Crippen LogP contribution in [0.15, 0.2) is 4.99 Å². The standard InChI is InChI=1S/C10H17N3O6S/c11-5(10(18)19)1-2-7(14)13-6(4-20)9(17)12-3-8(15)16/h5-6,20H,1-4,11H2,(H,12,17)(H,13,14)(H,15,16)(H,18,19)/p-1/t5-,6-/m0/s1. The average molecular weight is 306 g/mol. The summed E-state index contributed by atoms with van der Waals surface area (Å²) in [7, 11) is 0. The number of carbonyl (C=O) groups excluding carboxylic acids is 1. The Morgan fingerprint density at radius 2 is 1.95 bits per heavy atom. The highest BCUT2D eigenvalue weighted by atomic mass is 32.1. The zero-order valence-electron chi connectivity index (χ0n) is 10.5. The summed E-state index contributed by atoms with van der Waals surface area (Å²) in [5.41, 5.74) is 5.22. The van der Waals surface area contributed by atoms with Crippen molar-refractivity contribution < 1.29 is 29.7 Å². The molecular formula is C10H16N3O6S-. The second-order valence-electron chi connectivity index (χ2n) is 3.82. The molecule has 10 heteroatoms. The van der Waals surface area contributed by atoms with Crippen molar-refractivity contribution in [1.29, 1.82) is 0 Å². The zero-order chi connectivity index (χ0) is 15.7. The van der Waals surface area contributed by atoms with Crippen molar-refractivity contribution in [2.45, 2.75) is 24.9 Å². The molecule has 0 aromatic carbocycles. The Kier molecular flexibility index (Phi) is 8.32. The fraction of sp³-hybridized carbons (Fsp3) is 0.600.